The predicted octanol–water partition coefficient (Wildman–Crippen LogP) is 1.09. The topological polar surface area (TPSA) is 101 Å². The second-order valence-corrected chi connectivity index (χ2v) is 8.35. The highest BCUT2D eigenvalue weighted by Gasteiger charge is 2.72. The van der Waals surface area contributed by atoms with E-state index in [1.807, 2.05) is 36.5 Å². The number of nitrogens with zero attached hydrogens (tertiary/aromatic N) is 1. The summed E-state index contributed by atoms with van der Waals surface area (Å²) in [4.78, 5) is 41.3. The number of hydrogen-bond donors (Lipinski definition) is 2. The van der Waals surface area contributed by atoms with Crippen LogP contribution < -0.4 is 5.32 Å². The number of amides is 2. The molecule has 0 aliphatic carbocycles. The van der Waals surface area contributed by atoms with Gasteiger partial charge < -0.3 is 15.2 Å². The number of nitrogens with two attached hydrogens (primary N) is 1. The van der Waals surface area contributed by atoms with E-state index in [0.717, 1.165) is 16.7 Å². The van der Waals surface area contributed by atoms with Crippen LogP contribution in [-0.4, -0.2) is 47.0 Å². The van der Waals surface area contributed by atoms with E-state index in [2.05, 4.69) is 0 Å². The van der Waals surface area contributed by atoms with Gasteiger partial charge in [0.1, 0.15) is 23.6 Å². The van der Waals surface area contributed by atoms with Gasteiger partial charge in [-0.1, -0.05) is 36.4 Å². The summed E-state index contributed by atoms with van der Waals surface area (Å²) in [6.45, 7) is 4.00. The van der Waals surface area contributed by atoms with Gasteiger partial charge in [0, 0.05) is 18.5 Å². The molecule has 2 fully saturated rings. The zero-order chi connectivity index (χ0) is 22.3. The molecule has 3 N–H and O–H groups in total. The van der Waals surface area contributed by atoms with Gasteiger partial charge in [-0.25, -0.2) is 4.79 Å². The highest BCUT2D eigenvalue weighted by molar-refractivity contribution is 6.08. The maximum atomic E-state index is 13.4. The number of phenols is 1. The summed E-state index contributed by atoms with van der Waals surface area (Å²) in [7, 11) is 1.31. The third-order valence-corrected chi connectivity index (χ3v) is 6.72. The van der Waals surface area contributed by atoms with Crippen LogP contribution in [-0.2, 0) is 25.5 Å². The molecule has 2 aromatic carbocycles. The van der Waals surface area contributed by atoms with Crippen molar-refractivity contribution in [3.8, 4) is 5.75 Å². The van der Waals surface area contributed by atoms with Crippen molar-refractivity contribution in [1.29, 1.82) is 0 Å². The summed E-state index contributed by atoms with van der Waals surface area (Å²) < 4.78 is 5.21. The second-order valence-electron chi connectivity index (χ2n) is 8.35. The average Bonchev–Trinajstić information content (AvgIpc) is 3.23. The quantitative estimate of drug-likeness (QED) is 0.554. The highest BCUT2D eigenvalue weighted by atomic mass is 16.5. The summed E-state index contributed by atoms with van der Waals surface area (Å²) in [6.07, 6.45) is 0.208. The van der Waals surface area contributed by atoms with Crippen molar-refractivity contribution in [2.24, 2.45) is 11.8 Å². The Bertz CT molecular complexity index is 1030. The Hall–Kier alpha value is -3.19. The number of esters is 1. The fourth-order valence-electron chi connectivity index (χ4n) is 5.32. The van der Waals surface area contributed by atoms with Gasteiger partial charge in [0.25, 0.3) is 0 Å². The van der Waals surface area contributed by atoms with Crippen molar-refractivity contribution in [3.63, 3.8) is 0 Å². The van der Waals surface area contributed by atoms with Gasteiger partial charge in [0.15, 0.2) is 0 Å². The van der Waals surface area contributed by atoms with E-state index >= 15 is 0 Å². The lowest BCUT2D eigenvalue weighted by Crippen LogP contribution is -2.98. The second kappa shape index (κ2) is 7.81. The number of methoxy groups -OCH3 is 1. The molecule has 4 rings (SSSR count). The minimum absolute atomic E-state index is 0.117. The number of aryl methyl sites for hydroxylation is 1. The lowest BCUT2D eigenvalue weighted by atomic mass is 9.76. The molecule has 2 aliphatic rings. The maximum Gasteiger partial charge on any atom is 0.369 e. The summed E-state index contributed by atoms with van der Waals surface area (Å²) in [6, 6.07) is 13.9. The molecule has 0 bridgehead atoms. The number of quaternary nitrogens is 1. The third kappa shape index (κ3) is 3.20. The van der Waals surface area contributed by atoms with Crippen molar-refractivity contribution >= 4 is 17.8 Å². The van der Waals surface area contributed by atoms with E-state index in [1.165, 1.54) is 12.0 Å². The van der Waals surface area contributed by atoms with Gasteiger partial charge in [0.2, 0.25) is 17.4 Å². The first kappa shape index (κ1) is 21.1. The molecule has 2 amide bonds. The Morgan fingerprint density at radius 1 is 1.13 bits per heavy atom. The Balaban J connectivity index is 1.88. The average molecular weight is 423 g/mol. The van der Waals surface area contributed by atoms with Gasteiger partial charge in [-0.05, 0) is 37.1 Å². The van der Waals surface area contributed by atoms with E-state index in [1.54, 1.807) is 31.2 Å². The molecule has 4 atom stereocenters. The van der Waals surface area contributed by atoms with Crippen molar-refractivity contribution in [1.82, 2.24) is 4.90 Å². The fourth-order valence-corrected chi connectivity index (χ4v) is 5.32. The Morgan fingerprint density at radius 2 is 1.81 bits per heavy atom. The summed E-state index contributed by atoms with van der Waals surface area (Å²) in [5.41, 5.74) is 1.44. The molecule has 162 valence electrons. The molecule has 7 heteroatoms. The monoisotopic (exact) mass is 423 g/mol. The lowest BCUT2D eigenvalue weighted by Gasteiger charge is -2.29. The van der Waals surface area contributed by atoms with Crippen LogP contribution in [0.15, 0.2) is 48.5 Å². The van der Waals surface area contributed by atoms with Crippen molar-refractivity contribution in [3.05, 3.63) is 65.2 Å². The molecule has 2 heterocycles. The number of carbonyl (C=O) groups excluding carboxylic acids is 3. The van der Waals surface area contributed by atoms with Crippen LogP contribution in [0.25, 0.3) is 0 Å². The molecule has 2 aliphatic heterocycles. The van der Waals surface area contributed by atoms with E-state index in [0.29, 0.717) is 0 Å². The van der Waals surface area contributed by atoms with Crippen molar-refractivity contribution < 1.29 is 29.5 Å². The molecule has 0 saturated carbocycles. The van der Waals surface area contributed by atoms with Gasteiger partial charge in [-0.15, -0.1) is 0 Å². The smallest absolute Gasteiger partial charge is 0.369 e. The van der Waals surface area contributed by atoms with Crippen molar-refractivity contribution in [2.45, 2.75) is 31.8 Å². The lowest BCUT2D eigenvalue weighted by molar-refractivity contribution is -0.734. The third-order valence-electron chi connectivity index (χ3n) is 6.72. The number of aromatic hydroxyl groups is 1. The minimum atomic E-state index is -1.28. The van der Waals surface area contributed by atoms with E-state index in [4.69, 9.17) is 4.74 Å². The molecule has 3 unspecified atom stereocenters. The summed E-state index contributed by atoms with van der Waals surface area (Å²) in [5.74, 6) is -2.44. The van der Waals surface area contributed by atoms with E-state index in [9.17, 15) is 19.5 Å². The minimum Gasteiger partial charge on any atom is -0.508 e. The molecule has 2 aromatic rings. The zero-order valence-corrected chi connectivity index (χ0v) is 17.9. The number of ether oxygens (including phenoxy) is 1. The van der Waals surface area contributed by atoms with Gasteiger partial charge >= 0.3 is 5.97 Å². The van der Waals surface area contributed by atoms with E-state index in [-0.39, 0.29) is 36.6 Å². The first-order valence-electron chi connectivity index (χ1n) is 10.5. The SMILES string of the molecule is CCN1C(=O)C2C(c3ccccc3C)[NH2+][C@@](Cc3ccc(O)cc3)(C(=O)OC)C2C1=O. The highest BCUT2D eigenvalue weighted by Crippen LogP contribution is 2.46. The van der Waals surface area contributed by atoms with Gasteiger partial charge in [0.05, 0.1) is 7.11 Å². The molecular formula is C24H27N2O5+. The first-order chi connectivity index (χ1) is 14.8. The van der Waals surface area contributed by atoms with E-state index < -0.39 is 23.3 Å². The van der Waals surface area contributed by atoms with Gasteiger partial charge in [-0.3, -0.25) is 14.5 Å². The molecule has 0 spiro atoms. The summed E-state index contributed by atoms with van der Waals surface area (Å²) in [5, 5.41) is 11.5. The number of carbonyl (C=O) groups is 3. The number of likely N-dealkylation sites (tertiary alicyclic amines) is 1. The largest absolute Gasteiger partial charge is 0.508 e. The predicted molar refractivity (Wildman–Crippen MR) is 112 cm³/mol. The number of fused-ring (bicyclic) bond motifs is 1. The maximum absolute atomic E-state index is 13.4. The number of phenolic OH excluding ortho intramolecular Hbond substituents is 1. The fraction of sp³-hybridized carbons (Fsp3) is 0.375. The van der Waals surface area contributed by atoms with Crippen LogP contribution in [0.2, 0.25) is 0 Å². The molecule has 7 nitrogen and oxygen atoms in total. The number of rotatable bonds is 5. The van der Waals surface area contributed by atoms with Crippen molar-refractivity contribution in [2.75, 3.05) is 13.7 Å². The van der Waals surface area contributed by atoms with Crippen LogP contribution in [0.5, 0.6) is 5.75 Å². The van der Waals surface area contributed by atoms with Crippen LogP contribution in [0, 0.1) is 18.8 Å². The molecule has 0 radical (unpaired) electrons. The molecular weight excluding hydrogens is 396 g/mol. The Morgan fingerprint density at radius 3 is 2.42 bits per heavy atom. The zero-order valence-electron chi connectivity index (χ0n) is 17.9. The Kier molecular flexibility index (Phi) is 5.31. The van der Waals surface area contributed by atoms with Crippen LogP contribution in [0.3, 0.4) is 0 Å². The molecule has 0 aromatic heterocycles. The number of hydrogen-bond acceptors (Lipinski definition) is 5. The Labute approximate surface area is 181 Å². The molecule has 2 saturated heterocycles. The van der Waals surface area contributed by atoms with Crippen LogP contribution in [0.1, 0.15) is 29.7 Å². The number of imide groups is 1. The molecule has 31 heavy (non-hydrogen) atoms. The van der Waals surface area contributed by atoms with Gasteiger partial charge in [-0.2, -0.15) is 0 Å². The van der Waals surface area contributed by atoms with Crippen LogP contribution in [0.4, 0.5) is 0 Å². The standard InChI is InChI=1S/C24H26N2O5/c1-4-26-21(28)18-19(22(26)29)24(23(30)31-3,13-15-9-11-16(27)12-10-15)25-20(18)17-8-6-5-7-14(17)2/h5-12,18-20,25,27H,4,13H2,1-3H3/p+1/t18?,19?,20?,24-/m1/s1. The first-order valence-corrected chi connectivity index (χ1v) is 10.5. The normalized spacial score (nSPS) is 27.5. The number of benzene rings is 2. The summed E-state index contributed by atoms with van der Waals surface area (Å²) >= 11 is 0. The van der Waals surface area contributed by atoms with Crippen LogP contribution >= 0.6 is 0 Å².